The second-order valence-corrected chi connectivity index (χ2v) is 11.0. The molecule has 6 atom stereocenters. The zero-order valence-electron chi connectivity index (χ0n) is 22.7. The van der Waals surface area contributed by atoms with Gasteiger partial charge in [-0.2, -0.15) is 0 Å². The second-order valence-electron chi connectivity index (χ2n) is 11.0. The van der Waals surface area contributed by atoms with E-state index < -0.39 is 17.7 Å². The van der Waals surface area contributed by atoms with Gasteiger partial charge in [0.1, 0.15) is 17.6 Å². The summed E-state index contributed by atoms with van der Waals surface area (Å²) in [4.78, 5) is 13.9. The van der Waals surface area contributed by atoms with E-state index in [0.717, 1.165) is 28.2 Å². The summed E-state index contributed by atoms with van der Waals surface area (Å²) in [7, 11) is 0. The third-order valence-electron chi connectivity index (χ3n) is 8.68. The minimum atomic E-state index is -1.15. The summed E-state index contributed by atoms with van der Waals surface area (Å²) in [6.07, 6.45) is -0.152. The average molecular weight is 533 g/mol. The predicted molar refractivity (Wildman–Crippen MR) is 152 cm³/mol. The van der Waals surface area contributed by atoms with Crippen molar-refractivity contribution in [1.82, 2.24) is 0 Å². The molecule has 5 heteroatoms. The molecule has 0 bridgehead atoms. The molecular formula is C35H32O5. The lowest BCUT2D eigenvalue weighted by Gasteiger charge is -2.45. The third-order valence-corrected chi connectivity index (χ3v) is 8.68. The van der Waals surface area contributed by atoms with Crippen LogP contribution in [0.1, 0.15) is 59.2 Å². The maximum absolute atomic E-state index is 13.9. The monoisotopic (exact) mass is 532 g/mol. The summed E-state index contributed by atoms with van der Waals surface area (Å²) < 4.78 is 27.0. The molecule has 0 aliphatic carbocycles. The SMILES string of the molecule is CCO[C@]1(C)Oc2ccccc2[C@H]2[C@@H]3[C@@H](CC(=O)c4ccccc4)c4ccccc4O[C@]3(c3ccccc3)O[C@H]21. The van der Waals surface area contributed by atoms with Gasteiger partial charge >= 0.3 is 0 Å². The highest BCUT2D eigenvalue weighted by molar-refractivity contribution is 5.96. The Morgan fingerprint density at radius 2 is 1.38 bits per heavy atom. The fourth-order valence-corrected chi connectivity index (χ4v) is 7.09. The van der Waals surface area contributed by atoms with E-state index in [2.05, 4.69) is 24.3 Å². The number of hydrogen-bond donors (Lipinski definition) is 0. The van der Waals surface area contributed by atoms with Crippen molar-refractivity contribution in [3.63, 3.8) is 0 Å². The molecule has 3 heterocycles. The van der Waals surface area contributed by atoms with Gasteiger partial charge in [0.15, 0.2) is 5.78 Å². The molecular weight excluding hydrogens is 500 g/mol. The van der Waals surface area contributed by atoms with E-state index in [1.807, 2.05) is 98.8 Å². The van der Waals surface area contributed by atoms with Crippen LogP contribution in [-0.2, 0) is 15.3 Å². The highest BCUT2D eigenvalue weighted by Crippen LogP contribution is 2.66. The van der Waals surface area contributed by atoms with Crippen LogP contribution in [-0.4, -0.2) is 24.3 Å². The summed E-state index contributed by atoms with van der Waals surface area (Å²) in [5.41, 5.74) is 3.69. The maximum atomic E-state index is 13.9. The lowest BCUT2D eigenvalue weighted by molar-refractivity contribution is -0.287. The van der Waals surface area contributed by atoms with Gasteiger partial charge in [0, 0.05) is 54.4 Å². The predicted octanol–water partition coefficient (Wildman–Crippen LogP) is 7.23. The molecule has 5 nitrogen and oxygen atoms in total. The zero-order valence-corrected chi connectivity index (χ0v) is 22.7. The quantitative estimate of drug-likeness (QED) is 0.245. The molecule has 4 aromatic rings. The van der Waals surface area contributed by atoms with Crippen molar-refractivity contribution in [2.24, 2.45) is 5.92 Å². The van der Waals surface area contributed by atoms with Crippen molar-refractivity contribution in [3.8, 4) is 11.5 Å². The Balaban J connectivity index is 1.47. The highest BCUT2D eigenvalue weighted by Gasteiger charge is 2.69. The van der Waals surface area contributed by atoms with Crippen molar-refractivity contribution < 1.29 is 23.7 Å². The second kappa shape index (κ2) is 9.61. The number of Topliss-reactive ketones (excluding diaryl/α,β-unsaturated/α-hetero) is 1. The maximum Gasteiger partial charge on any atom is 0.242 e. The first-order chi connectivity index (χ1) is 19.5. The number of carbonyl (C=O) groups is 1. The fourth-order valence-electron chi connectivity index (χ4n) is 7.09. The largest absolute Gasteiger partial charge is 0.459 e. The van der Waals surface area contributed by atoms with Gasteiger partial charge in [0.25, 0.3) is 0 Å². The van der Waals surface area contributed by atoms with Gasteiger partial charge in [-0.1, -0.05) is 97.1 Å². The normalized spacial score (nSPS) is 29.6. The van der Waals surface area contributed by atoms with Gasteiger partial charge in [-0.15, -0.1) is 0 Å². The smallest absolute Gasteiger partial charge is 0.242 e. The van der Waals surface area contributed by atoms with Crippen LogP contribution in [0.3, 0.4) is 0 Å². The Bertz CT molecular complexity index is 1540. The molecule has 0 radical (unpaired) electrons. The fraction of sp³-hybridized carbons (Fsp3) is 0.286. The number of carbonyl (C=O) groups excluding carboxylic acids is 1. The first-order valence-electron chi connectivity index (χ1n) is 14.1. The Kier molecular flexibility index (Phi) is 6.02. The number of ketones is 1. The van der Waals surface area contributed by atoms with Crippen LogP contribution in [0.5, 0.6) is 11.5 Å². The van der Waals surface area contributed by atoms with E-state index in [1.165, 1.54) is 0 Å². The van der Waals surface area contributed by atoms with Crippen LogP contribution in [0.15, 0.2) is 109 Å². The molecule has 3 aliphatic rings. The molecule has 0 spiro atoms. The minimum absolute atomic E-state index is 0.0978. The van der Waals surface area contributed by atoms with Crippen molar-refractivity contribution >= 4 is 5.78 Å². The molecule has 0 N–H and O–H groups in total. The Morgan fingerprint density at radius 1 is 0.775 bits per heavy atom. The van der Waals surface area contributed by atoms with E-state index in [1.54, 1.807) is 0 Å². The minimum Gasteiger partial charge on any atom is -0.459 e. The number of rotatable bonds is 6. The lowest BCUT2D eigenvalue weighted by atomic mass is 9.65. The third kappa shape index (κ3) is 3.80. The number of benzene rings is 4. The van der Waals surface area contributed by atoms with Crippen LogP contribution in [0.25, 0.3) is 0 Å². The van der Waals surface area contributed by atoms with Gasteiger partial charge in [-0.25, -0.2) is 0 Å². The molecule has 0 saturated carbocycles. The first-order valence-corrected chi connectivity index (χ1v) is 14.1. The van der Waals surface area contributed by atoms with Gasteiger partial charge in [-0.3, -0.25) is 4.79 Å². The molecule has 0 unspecified atom stereocenters. The van der Waals surface area contributed by atoms with E-state index in [4.69, 9.17) is 18.9 Å². The van der Waals surface area contributed by atoms with Gasteiger partial charge in [0.05, 0.1) is 0 Å². The summed E-state index contributed by atoms with van der Waals surface area (Å²) in [6, 6.07) is 35.8. The summed E-state index contributed by atoms with van der Waals surface area (Å²) in [5, 5.41) is 0. The highest BCUT2D eigenvalue weighted by atomic mass is 16.8. The number of ether oxygens (including phenoxy) is 4. The van der Waals surface area contributed by atoms with Crippen LogP contribution in [0.2, 0.25) is 0 Å². The molecule has 1 fully saturated rings. The van der Waals surface area contributed by atoms with Gasteiger partial charge < -0.3 is 18.9 Å². The molecule has 0 aromatic heterocycles. The molecule has 0 amide bonds. The van der Waals surface area contributed by atoms with E-state index in [0.29, 0.717) is 18.6 Å². The number of hydrogen-bond acceptors (Lipinski definition) is 5. The topological polar surface area (TPSA) is 54.0 Å². The van der Waals surface area contributed by atoms with Gasteiger partial charge in [-0.05, 0) is 24.6 Å². The molecule has 4 aromatic carbocycles. The van der Waals surface area contributed by atoms with Crippen molar-refractivity contribution in [3.05, 3.63) is 131 Å². The van der Waals surface area contributed by atoms with Crippen LogP contribution in [0, 0.1) is 5.92 Å². The summed E-state index contributed by atoms with van der Waals surface area (Å²) >= 11 is 0. The number of fused-ring (bicyclic) bond motifs is 6. The Hall–Kier alpha value is -3.93. The summed E-state index contributed by atoms with van der Waals surface area (Å²) in [6.45, 7) is 4.38. The van der Waals surface area contributed by atoms with Crippen molar-refractivity contribution in [2.45, 2.75) is 49.8 Å². The molecule has 202 valence electrons. The molecule has 1 saturated heterocycles. The molecule has 40 heavy (non-hydrogen) atoms. The first kappa shape index (κ1) is 25.1. The Labute approximate surface area is 234 Å². The van der Waals surface area contributed by atoms with E-state index in [-0.39, 0.29) is 23.5 Å². The van der Waals surface area contributed by atoms with Crippen LogP contribution >= 0.6 is 0 Å². The van der Waals surface area contributed by atoms with Gasteiger partial charge in [0.2, 0.25) is 11.6 Å². The average Bonchev–Trinajstić information content (AvgIpc) is 3.36. The molecule has 3 aliphatic heterocycles. The van der Waals surface area contributed by atoms with E-state index in [9.17, 15) is 4.79 Å². The molecule has 7 rings (SSSR count). The number of para-hydroxylation sites is 2. The lowest BCUT2D eigenvalue weighted by Crippen LogP contribution is -2.53. The summed E-state index contributed by atoms with van der Waals surface area (Å²) in [5.74, 6) is -1.14. The Morgan fingerprint density at radius 3 is 2.08 bits per heavy atom. The van der Waals surface area contributed by atoms with E-state index >= 15 is 0 Å². The zero-order chi connectivity index (χ0) is 27.3. The van der Waals surface area contributed by atoms with Crippen LogP contribution < -0.4 is 9.47 Å². The van der Waals surface area contributed by atoms with Crippen LogP contribution in [0.4, 0.5) is 0 Å². The van der Waals surface area contributed by atoms with Crippen molar-refractivity contribution in [1.29, 1.82) is 0 Å². The van der Waals surface area contributed by atoms with Crippen molar-refractivity contribution in [2.75, 3.05) is 6.61 Å². The standard InChI is InChI=1S/C35H32O5/c1-3-37-34(2)33-31(26-19-11-13-21-30(26)38-34)32-27(22-28(36)23-14-6-4-7-15-23)25-18-10-12-20-29(25)39-35(32,40-33)24-16-8-5-9-17-24/h4-21,27,31-33H,3,22H2,1-2H3/t27-,31-,32-,33+,34+,35+/m0/s1.